The summed E-state index contributed by atoms with van der Waals surface area (Å²) in [7, 11) is 0. The van der Waals surface area contributed by atoms with E-state index in [4.69, 9.17) is 15.3 Å². The third-order valence-corrected chi connectivity index (χ3v) is 1.97. The molecule has 0 aromatic heterocycles. The van der Waals surface area contributed by atoms with E-state index in [-0.39, 0.29) is 6.29 Å². The van der Waals surface area contributed by atoms with Crippen LogP contribution in [0.2, 0.25) is 0 Å². The number of aliphatic hydroxyl groups is 5. The predicted molar refractivity (Wildman–Crippen MR) is 52.7 cm³/mol. The number of aliphatic hydroxyl groups excluding tert-OH is 5. The van der Waals surface area contributed by atoms with Crippen molar-refractivity contribution in [2.45, 2.75) is 37.4 Å². The maximum absolute atomic E-state index is 10.8. The number of esters is 1. The predicted octanol–water partition coefficient (Wildman–Crippen LogP) is -3.45. The molecule has 1 unspecified atom stereocenters. The lowest BCUT2D eigenvalue weighted by atomic mass is 10.0. The van der Waals surface area contributed by atoms with Crippen LogP contribution in [-0.2, 0) is 14.3 Å². The standard InChI is InChI=1S/C9H16O8/c1-4(11)9(16)17-3-6(13)8(15)7(14)5(12)2-10/h2,4-8,11-15H,3H2,1H3/t4?,5-,6+,7+,8-/m0/s1. The minimum absolute atomic E-state index is 0.0115. The van der Waals surface area contributed by atoms with Crippen molar-refractivity contribution in [2.75, 3.05) is 6.61 Å². The fourth-order valence-corrected chi connectivity index (χ4v) is 0.897. The average Bonchev–Trinajstić information content (AvgIpc) is 2.32. The summed E-state index contributed by atoms with van der Waals surface area (Å²) in [5.41, 5.74) is 0. The van der Waals surface area contributed by atoms with Gasteiger partial charge in [-0.2, -0.15) is 0 Å². The van der Waals surface area contributed by atoms with Crippen molar-refractivity contribution in [2.24, 2.45) is 0 Å². The molecule has 0 rings (SSSR count). The Morgan fingerprint density at radius 1 is 1.18 bits per heavy atom. The summed E-state index contributed by atoms with van der Waals surface area (Å²) < 4.78 is 4.37. The molecule has 0 saturated carbocycles. The zero-order valence-electron chi connectivity index (χ0n) is 9.13. The first-order valence-corrected chi connectivity index (χ1v) is 4.83. The second-order valence-corrected chi connectivity index (χ2v) is 3.48. The molecule has 8 nitrogen and oxygen atoms in total. The summed E-state index contributed by atoms with van der Waals surface area (Å²) in [5.74, 6) is -1.01. The van der Waals surface area contributed by atoms with Gasteiger partial charge in [-0.3, -0.25) is 0 Å². The van der Waals surface area contributed by atoms with Crippen LogP contribution in [0.5, 0.6) is 0 Å². The van der Waals surface area contributed by atoms with Crippen LogP contribution in [0.15, 0.2) is 0 Å². The zero-order chi connectivity index (χ0) is 13.6. The average molecular weight is 252 g/mol. The van der Waals surface area contributed by atoms with Crippen LogP contribution < -0.4 is 0 Å². The van der Waals surface area contributed by atoms with E-state index >= 15 is 0 Å². The topological polar surface area (TPSA) is 145 Å². The van der Waals surface area contributed by atoms with Crippen molar-refractivity contribution in [1.29, 1.82) is 0 Å². The molecular weight excluding hydrogens is 236 g/mol. The Morgan fingerprint density at radius 3 is 2.12 bits per heavy atom. The molecule has 0 amide bonds. The molecule has 0 heterocycles. The molecule has 0 bridgehead atoms. The Hall–Kier alpha value is -1.06. The summed E-state index contributed by atoms with van der Waals surface area (Å²) in [6.45, 7) is 0.462. The number of ether oxygens (including phenoxy) is 1. The molecule has 5 N–H and O–H groups in total. The SMILES string of the molecule is CC(O)C(=O)OC[C@@H](O)[C@H](O)[C@H](O)[C@@H](O)C=O. The van der Waals surface area contributed by atoms with Gasteiger partial charge in [0.15, 0.2) is 6.29 Å². The van der Waals surface area contributed by atoms with Gasteiger partial charge in [0.1, 0.15) is 37.1 Å². The first-order valence-electron chi connectivity index (χ1n) is 4.83. The number of carbonyl (C=O) groups is 2. The smallest absolute Gasteiger partial charge is 0.334 e. The van der Waals surface area contributed by atoms with Crippen LogP contribution in [0.1, 0.15) is 6.92 Å². The van der Waals surface area contributed by atoms with Crippen molar-refractivity contribution in [3.8, 4) is 0 Å². The highest BCUT2D eigenvalue weighted by molar-refractivity contribution is 5.73. The second-order valence-electron chi connectivity index (χ2n) is 3.48. The van der Waals surface area contributed by atoms with Gasteiger partial charge in [0, 0.05) is 0 Å². The highest BCUT2D eigenvalue weighted by Gasteiger charge is 2.31. The molecule has 0 aliphatic carbocycles. The van der Waals surface area contributed by atoms with Crippen molar-refractivity contribution in [3.05, 3.63) is 0 Å². The Bertz CT molecular complexity index is 253. The van der Waals surface area contributed by atoms with Crippen LogP contribution in [0.25, 0.3) is 0 Å². The van der Waals surface area contributed by atoms with E-state index < -0.39 is 43.1 Å². The number of rotatable bonds is 7. The molecular formula is C9H16O8. The normalized spacial score (nSPS) is 19.9. The van der Waals surface area contributed by atoms with E-state index in [0.29, 0.717) is 0 Å². The van der Waals surface area contributed by atoms with Gasteiger partial charge < -0.3 is 35.1 Å². The molecule has 0 spiro atoms. The van der Waals surface area contributed by atoms with Crippen molar-refractivity contribution in [1.82, 2.24) is 0 Å². The van der Waals surface area contributed by atoms with E-state index in [1.54, 1.807) is 0 Å². The molecule has 0 aromatic carbocycles. The number of hydrogen-bond acceptors (Lipinski definition) is 8. The summed E-state index contributed by atoms with van der Waals surface area (Å²) in [6.07, 6.45) is -8.70. The molecule has 17 heavy (non-hydrogen) atoms. The quantitative estimate of drug-likeness (QED) is 0.232. The second kappa shape index (κ2) is 7.30. The molecule has 0 saturated heterocycles. The summed E-state index contributed by atoms with van der Waals surface area (Å²) in [4.78, 5) is 20.9. The minimum Gasteiger partial charge on any atom is -0.461 e. The monoisotopic (exact) mass is 252 g/mol. The first kappa shape index (κ1) is 15.9. The third kappa shape index (κ3) is 5.20. The fraction of sp³-hybridized carbons (Fsp3) is 0.778. The lowest BCUT2D eigenvalue weighted by Crippen LogP contribution is -2.47. The van der Waals surface area contributed by atoms with E-state index in [9.17, 15) is 19.8 Å². The number of carbonyl (C=O) groups excluding carboxylic acids is 2. The summed E-state index contributed by atoms with van der Waals surface area (Å²) in [6, 6.07) is 0. The fourth-order valence-electron chi connectivity index (χ4n) is 0.897. The Morgan fingerprint density at radius 2 is 1.71 bits per heavy atom. The van der Waals surface area contributed by atoms with Gasteiger partial charge in [0.2, 0.25) is 0 Å². The number of aldehydes is 1. The maximum Gasteiger partial charge on any atom is 0.334 e. The van der Waals surface area contributed by atoms with Gasteiger partial charge in [0.05, 0.1) is 0 Å². The van der Waals surface area contributed by atoms with Crippen LogP contribution in [0.4, 0.5) is 0 Å². The molecule has 5 atom stereocenters. The van der Waals surface area contributed by atoms with Gasteiger partial charge >= 0.3 is 5.97 Å². The number of hydrogen-bond donors (Lipinski definition) is 5. The van der Waals surface area contributed by atoms with E-state index in [0.717, 1.165) is 6.92 Å². The van der Waals surface area contributed by atoms with Crippen LogP contribution in [-0.4, -0.2) is 74.9 Å². The van der Waals surface area contributed by atoms with Crippen LogP contribution in [0, 0.1) is 0 Å². The first-order chi connectivity index (χ1) is 7.81. The maximum atomic E-state index is 10.8. The molecule has 0 aliphatic heterocycles. The van der Waals surface area contributed by atoms with Crippen molar-refractivity contribution < 1.29 is 39.9 Å². The van der Waals surface area contributed by atoms with Gasteiger partial charge in [-0.05, 0) is 6.92 Å². The molecule has 8 heteroatoms. The molecule has 100 valence electrons. The molecule has 0 aromatic rings. The Labute approximate surface area is 97.1 Å². The Kier molecular flexibility index (Phi) is 6.85. The molecule has 0 radical (unpaired) electrons. The highest BCUT2D eigenvalue weighted by Crippen LogP contribution is 2.05. The molecule has 0 fully saturated rings. The van der Waals surface area contributed by atoms with E-state index in [1.165, 1.54) is 0 Å². The van der Waals surface area contributed by atoms with Gasteiger partial charge in [-0.15, -0.1) is 0 Å². The van der Waals surface area contributed by atoms with Gasteiger partial charge in [-0.1, -0.05) is 0 Å². The summed E-state index contributed by atoms with van der Waals surface area (Å²) in [5, 5.41) is 45.3. The zero-order valence-corrected chi connectivity index (χ0v) is 9.13. The van der Waals surface area contributed by atoms with Gasteiger partial charge in [-0.25, -0.2) is 4.79 Å². The minimum atomic E-state index is -1.90. The van der Waals surface area contributed by atoms with Gasteiger partial charge in [0.25, 0.3) is 0 Å². The van der Waals surface area contributed by atoms with E-state index in [2.05, 4.69) is 4.74 Å². The third-order valence-electron chi connectivity index (χ3n) is 1.97. The lowest BCUT2D eigenvalue weighted by molar-refractivity contribution is -0.163. The van der Waals surface area contributed by atoms with Crippen LogP contribution in [0.3, 0.4) is 0 Å². The highest BCUT2D eigenvalue weighted by atomic mass is 16.6. The largest absolute Gasteiger partial charge is 0.461 e. The molecule has 0 aliphatic rings. The van der Waals surface area contributed by atoms with E-state index in [1.807, 2.05) is 0 Å². The lowest BCUT2D eigenvalue weighted by Gasteiger charge is -2.23. The van der Waals surface area contributed by atoms with Crippen LogP contribution >= 0.6 is 0 Å². The summed E-state index contributed by atoms with van der Waals surface area (Å²) >= 11 is 0. The van der Waals surface area contributed by atoms with Crippen molar-refractivity contribution >= 4 is 12.3 Å². The Balaban J connectivity index is 4.18. The van der Waals surface area contributed by atoms with Crippen molar-refractivity contribution in [3.63, 3.8) is 0 Å².